The number of aromatic nitrogens is 3. The first-order valence-electron chi connectivity index (χ1n) is 11.9. The third kappa shape index (κ3) is 4.41. The van der Waals surface area contributed by atoms with Gasteiger partial charge in [-0.2, -0.15) is 0 Å². The molecule has 0 spiro atoms. The minimum absolute atomic E-state index is 0.0719. The molecule has 5 rings (SSSR count). The van der Waals surface area contributed by atoms with Gasteiger partial charge in [0.2, 0.25) is 0 Å². The fraction of sp³-hybridized carbons (Fsp3) is 0.346. The molecule has 3 aromatic rings. The summed E-state index contributed by atoms with van der Waals surface area (Å²) in [6.07, 6.45) is 4.95. The van der Waals surface area contributed by atoms with Gasteiger partial charge in [0.15, 0.2) is 0 Å². The number of carbonyl (C=O) groups is 3. The van der Waals surface area contributed by atoms with Crippen molar-refractivity contribution >= 4 is 17.7 Å². The lowest BCUT2D eigenvalue weighted by Gasteiger charge is -2.16. The molecule has 2 aliphatic heterocycles. The number of aryl methyl sites for hydroxylation is 1. The summed E-state index contributed by atoms with van der Waals surface area (Å²) in [5.74, 6) is 1.37. The molecular formula is C26H27N5O4. The zero-order valence-electron chi connectivity index (χ0n) is 19.6. The molecule has 1 N–H and O–H groups in total. The number of carbonyl (C=O) groups excluding carboxylic acids is 3. The molecule has 9 nitrogen and oxygen atoms in total. The number of rotatable bonds is 7. The van der Waals surface area contributed by atoms with Crippen LogP contribution in [0.3, 0.4) is 0 Å². The van der Waals surface area contributed by atoms with Crippen LogP contribution in [0.2, 0.25) is 0 Å². The zero-order chi connectivity index (χ0) is 24.4. The molecule has 0 atom stereocenters. The van der Waals surface area contributed by atoms with Crippen molar-refractivity contribution in [3.63, 3.8) is 0 Å². The first kappa shape index (κ1) is 22.8. The Balaban J connectivity index is 1.27. The van der Waals surface area contributed by atoms with Gasteiger partial charge < -0.3 is 14.6 Å². The van der Waals surface area contributed by atoms with E-state index in [0.717, 1.165) is 37.5 Å². The number of hydrogen-bond acceptors (Lipinski definition) is 6. The normalized spacial score (nSPS) is 14.9. The number of methoxy groups -OCH3 is 1. The standard InChI is InChI=1S/C26H27N5O4/c1-35-21-11-10-17(16-31-25(33)18-7-4-5-8-19(18)26(31)34)15-20(21)24(32)27-13-12-23-29-28-22-9-3-2-6-14-30(22)23/h4-5,7-8,10-11,15H,2-3,6,9,12-14,16H2,1H3,(H,27,32). The van der Waals surface area contributed by atoms with Crippen molar-refractivity contribution in [2.75, 3.05) is 13.7 Å². The molecule has 2 aromatic carbocycles. The quantitative estimate of drug-likeness (QED) is 0.529. The van der Waals surface area contributed by atoms with Crippen LogP contribution in [0.4, 0.5) is 0 Å². The number of ether oxygens (including phenoxy) is 1. The summed E-state index contributed by atoms with van der Waals surface area (Å²) >= 11 is 0. The minimum Gasteiger partial charge on any atom is -0.496 e. The summed E-state index contributed by atoms with van der Waals surface area (Å²) < 4.78 is 7.56. The lowest BCUT2D eigenvalue weighted by atomic mass is 10.1. The van der Waals surface area contributed by atoms with Gasteiger partial charge in [-0.15, -0.1) is 10.2 Å². The fourth-order valence-electron chi connectivity index (χ4n) is 4.71. The lowest BCUT2D eigenvalue weighted by molar-refractivity contribution is 0.0642. The van der Waals surface area contributed by atoms with E-state index < -0.39 is 0 Å². The van der Waals surface area contributed by atoms with Crippen LogP contribution < -0.4 is 10.1 Å². The Morgan fingerprint density at radius 2 is 1.80 bits per heavy atom. The summed E-state index contributed by atoms with van der Waals surface area (Å²) in [5.41, 5.74) is 1.81. The van der Waals surface area contributed by atoms with E-state index in [4.69, 9.17) is 4.74 Å². The van der Waals surface area contributed by atoms with E-state index in [0.29, 0.717) is 41.0 Å². The maximum absolute atomic E-state index is 13.0. The second kappa shape index (κ2) is 9.69. The number of nitrogens with one attached hydrogen (secondary N) is 1. The first-order valence-corrected chi connectivity index (χ1v) is 11.9. The molecule has 2 aliphatic rings. The van der Waals surface area contributed by atoms with E-state index in [1.165, 1.54) is 18.4 Å². The molecule has 3 heterocycles. The van der Waals surface area contributed by atoms with Crippen molar-refractivity contribution < 1.29 is 19.1 Å². The average molecular weight is 474 g/mol. The van der Waals surface area contributed by atoms with Crippen LogP contribution in [0, 0.1) is 0 Å². The maximum atomic E-state index is 13.0. The van der Waals surface area contributed by atoms with Gasteiger partial charge in [0.1, 0.15) is 17.4 Å². The van der Waals surface area contributed by atoms with Crippen LogP contribution in [0.15, 0.2) is 42.5 Å². The van der Waals surface area contributed by atoms with Crippen molar-refractivity contribution in [2.24, 2.45) is 0 Å². The highest BCUT2D eigenvalue weighted by Gasteiger charge is 2.35. The van der Waals surface area contributed by atoms with Crippen LogP contribution in [0.1, 0.15) is 67.5 Å². The first-order chi connectivity index (χ1) is 17.1. The molecule has 9 heteroatoms. The molecule has 180 valence electrons. The highest BCUT2D eigenvalue weighted by atomic mass is 16.5. The summed E-state index contributed by atoms with van der Waals surface area (Å²) in [5, 5.41) is 11.6. The molecule has 0 fully saturated rings. The van der Waals surface area contributed by atoms with Crippen molar-refractivity contribution in [1.82, 2.24) is 25.0 Å². The Hall–Kier alpha value is -4.01. The summed E-state index contributed by atoms with van der Waals surface area (Å²) in [6.45, 7) is 1.39. The summed E-state index contributed by atoms with van der Waals surface area (Å²) in [4.78, 5) is 39.6. The maximum Gasteiger partial charge on any atom is 0.261 e. The van der Waals surface area contributed by atoms with Crippen molar-refractivity contribution in [1.29, 1.82) is 0 Å². The summed E-state index contributed by atoms with van der Waals surface area (Å²) in [7, 11) is 1.50. The molecule has 0 saturated heterocycles. The van der Waals surface area contributed by atoms with Crippen LogP contribution in [0.25, 0.3) is 0 Å². The lowest BCUT2D eigenvalue weighted by Crippen LogP contribution is -2.30. The minimum atomic E-state index is -0.333. The second-order valence-electron chi connectivity index (χ2n) is 8.78. The zero-order valence-corrected chi connectivity index (χ0v) is 19.6. The van der Waals surface area contributed by atoms with E-state index in [1.807, 2.05) is 0 Å². The molecule has 0 bridgehead atoms. The Bertz CT molecular complexity index is 1260. The predicted octanol–water partition coefficient (Wildman–Crippen LogP) is 2.78. The van der Waals surface area contributed by atoms with Crippen LogP contribution in [-0.4, -0.2) is 51.0 Å². The molecule has 0 unspecified atom stereocenters. The van der Waals surface area contributed by atoms with E-state index in [-0.39, 0.29) is 24.3 Å². The number of hydrogen-bond donors (Lipinski definition) is 1. The monoisotopic (exact) mass is 473 g/mol. The third-order valence-electron chi connectivity index (χ3n) is 6.55. The number of amides is 3. The van der Waals surface area contributed by atoms with Crippen LogP contribution in [-0.2, 0) is 25.9 Å². The van der Waals surface area contributed by atoms with Gasteiger partial charge in [-0.3, -0.25) is 19.3 Å². The highest BCUT2D eigenvalue weighted by Crippen LogP contribution is 2.26. The van der Waals surface area contributed by atoms with Crippen LogP contribution >= 0.6 is 0 Å². The molecule has 3 amide bonds. The number of benzene rings is 2. The van der Waals surface area contributed by atoms with E-state index in [1.54, 1.807) is 42.5 Å². The third-order valence-corrected chi connectivity index (χ3v) is 6.55. The Morgan fingerprint density at radius 1 is 1.03 bits per heavy atom. The van der Waals surface area contributed by atoms with Crippen molar-refractivity contribution in [3.05, 3.63) is 76.4 Å². The Kier molecular flexibility index (Phi) is 6.31. The SMILES string of the molecule is COc1ccc(CN2C(=O)c3ccccc3C2=O)cc1C(=O)NCCc1nnc2n1CCCCC2. The van der Waals surface area contributed by atoms with Gasteiger partial charge >= 0.3 is 0 Å². The average Bonchev–Trinajstić information content (AvgIpc) is 3.25. The summed E-state index contributed by atoms with van der Waals surface area (Å²) in [6, 6.07) is 11.9. The van der Waals surface area contributed by atoms with Gasteiger partial charge in [0.25, 0.3) is 17.7 Å². The molecule has 0 radical (unpaired) electrons. The molecule has 0 aliphatic carbocycles. The molecular weight excluding hydrogens is 446 g/mol. The van der Waals surface area contributed by atoms with E-state index in [9.17, 15) is 14.4 Å². The number of nitrogens with zero attached hydrogens (tertiary/aromatic N) is 4. The second-order valence-corrected chi connectivity index (χ2v) is 8.78. The topological polar surface area (TPSA) is 106 Å². The number of fused-ring (bicyclic) bond motifs is 2. The Labute approximate surface area is 203 Å². The van der Waals surface area contributed by atoms with Crippen molar-refractivity contribution in [2.45, 2.75) is 45.2 Å². The fourth-order valence-corrected chi connectivity index (χ4v) is 4.71. The van der Waals surface area contributed by atoms with Crippen LogP contribution in [0.5, 0.6) is 5.75 Å². The van der Waals surface area contributed by atoms with Gasteiger partial charge in [0.05, 0.1) is 30.3 Å². The van der Waals surface area contributed by atoms with Crippen molar-refractivity contribution in [3.8, 4) is 5.75 Å². The van der Waals surface area contributed by atoms with Gasteiger partial charge in [-0.1, -0.05) is 24.6 Å². The van der Waals surface area contributed by atoms with Gasteiger partial charge in [-0.05, 0) is 42.7 Å². The Morgan fingerprint density at radius 3 is 2.54 bits per heavy atom. The smallest absolute Gasteiger partial charge is 0.261 e. The van der Waals surface area contributed by atoms with Gasteiger partial charge in [-0.25, -0.2) is 0 Å². The van der Waals surface area contributed by atoms with Gasteiger partial charge in [0, 0.05) is 25.9 Å². The largest absolute Gasteiger partial charge is 0.496 e. The predicted molar refractivity (Wildman–Crippen MR) is 127 cm³/mol. The van der Waals surface area contributed by atoms with E-state index >= 15 is 0 Å². The number of imide groups is 1. The van der Waals surface area contributed by atoms with E-state index in [2.05, 4.69) is 20.1 Å². The molecule has 35 heavy (non-hydrogen) atoms. The molecule has 0 saturated carbocycles. The highest BCUT2D eigenvalue weighted by molar-refractivity contribution is 6.21. The molecule has 1 aromatic heterocycles.